The molecule has 6 aliphatic heterocycles. The molecule has 12 heteroatoms. The van der Waals surface area contributed by atoms with Gasteiger partial charge in [0, 0.05) is 30.2 Å². The first-order chi connectivity index (χ1) is 64.7. The topological polar surface area (TPSA) is 86.1 Å². The molecule has 6 unspecified atom stereocenters. The van der Waals surface area contributed by atoms with E-state index in [1.165, 1.54) is 339 Å². The van der Waals surface area contributed by atoms with Gasteiger partial charge in [-0.25, -0.2) is 4.39 Å². The summed E-state index contributed by atoms with van der Waals surface area (Å²) in [5.74, 6) is 16.1. The van der Waals surface area contributed by atoms with Crippen LogP contribution in [0.15, 0.2) is 164 Å². The van der Waals surface area contributed by atoms with Crippen LogP contribution < -0.4 is 23.7 Å². The summed E-state index contributed by atoms with van der Waals surface area (Å²) in [5.41, 5.74) is 19.3. The minimum atomic E-state index is -0.0761. The highest BCUT2D eigenvalue weighted by atomic mass is 19.1. The van der Waals surface area contributed by atoms with Gasteiger partial charge in [-0.05, 0) is 476 Å². The van der Waals surface area contributed by atoms with Crippen molar-refractivity contribution in [2.75, 3.05) is 86.5 Å². The van der Waals surface area contributed by atoms with Crippen molar-refractivity contribution in [3.05, 3.63) is 220 Å². The van der Waals surface area contributed by atoms with Crippen molar-refractivity contribution in [3.63, 3.8) is 0 Å². The SMILES string of the molecule is CCC(C)Oc1ccccc1C1CCN([C@H]2C[C@H]3CCC2C3)CC1.COc1ccc(-c2ccc(C#N)cc2)cc1C1CCN([C@@H]2C[C@H]3CCC2C3)CC1.COc1ccc(-c2ccc3c(c2)OCO3)cc1C1CCN(C2CCCCC2)CC1.Cc1ccc(-c2ccccc2C2CCN([C@H]3C[C@H]4CCC3C4)CC2)c(C)c1.Cc1ccc(F)cc1C1CCN(C2CC[C@H]3CCC(C2)C3)CC1. The third-order valence-corrected chi connectivity index (χ3v) is 36.3. The van der Waals surface area contributed by atoms with Crippen molar-refractivity contribution in [2.24, 2.45) is 47.3 Å². The highest BCUT2D eigenvalue weighted by Crippen LogP contribution is 2.53. The predicted molar refractivity (Wildman–Crippen MR) is 538 cm³/mol. The standard InChI is InChI=1S/C26H30N2O.C26H33N.C25H31NO3.C22H33NO.C21H30FN/c1-29-26-9-8-22(20-5-2-18(17-27)3-6-20)16-24(26)21-10-12-28(13-11-21)25-15-19-4-7-23(25)14-19;1-18-7-10-23(19(2)15-18)25-6-4-3-5-24(25)21-11-13-27(14-12-21)26-17-20-8-9-22(26)16-20;1-27-23-9-7-19(20-8-10-24-25(16-20)29-17-28-24)15-22(23)18-11-13-26(14-12-18)21-5-3-2-4-6-21;1-3-16(2)24-22-7-5-4-6-20(22)18-10-12-23(13-11-18)21-15-17-8-9-19(21)14-17;1-15-2-6-19(22)14-21(15)18-8-10-23(11-9-18)20-7-5-16-3-4-17(12-16)13-20/h2-3,5-6,8-9,16,19,21,23,25H,4,7,10-15H2,1H3;3-7,10,15,20-22,26H,8-9,11-14,16-17H2,1-2H3;7-10,15-16,18,21H,2-6,11-14,17H2,1H3;4-7,16-19,21H,3,8-15H2,1-2H3;2,6,14,16-18,20H,3-5,7-13H2,1H3/t19-,23?,25+;20-,22?,26-;;16?,17-,19?,21-;16-,17?,20?/m00.01/s1. The summed E-state index contributed by atoms with van der Waals surface area (Å²) in [5, 5.41) is 9.05. The zero-order valence-corrected chi connectivity index (χ0v) is 81.5. The number of fused-ring (bicyclic) bond motifs is 9. The van der Waals surface area contributed by atoms with Gasteiger partial charge in [-0.3, -0.25) is 0 Å². The molecule has 0 radical (unpaired) electrons. The molecule has 0 amide bonds. The normalized spacial score (nSPS) is 28.0. The molecule has 15 aliphatic rings. The molecule has 0 spiro atoms. The van der Waals surface area contributed by atoms with Crippen LogP contribution in [0, 0.1) is 85.3 Å². The Balaban J connectivity index is 0.000000107. The molecule has 704 valence electrons. The maximum absolute atomic E-state index is 13.6. The van der Waals surface area contributed by atoms with Gasteiger partial charge in [0.25, 0.3) is 0 Å². The minimum Gasteiger partial charge on any atom is -0.496 e. The van der Waals surface area contributed by atoms with Crippen LogP contribution in [-0.4, -0.2) is 147 Å². The summed E-state index contributed by atoms with van der Waals surface area (Å²) in [4.78, 5) is 14.0. The average molecular weight is 1780 g/mol. The molecule has 8 bridgehead atoms. The lowest BCUT2D eigenvalue weighted by Crippen LogP contribution is -2.43. The molecule has 6 heterocycles. The van der Waals surface area contributed by atoms with Crippen molar-refractivity contribution in [1.29, 1.82) is 5.26 Å². The number of ether oxygens (including phenoxy) is 5. The first-order valence-electron chi connectivity index (χ1n) is 53.3. The van der Waals surface area contributed by atoms with Crippen molar-refractivity contribution in [1.82, 2.24) is 24.5 Å². The molecule has 132 heavy (non-hydrogen) atoms. The van der Waals surface area contributed by atoms with Crippen molar-refractivity contribution >= 4 is 0 Å². The Kier molecular flexibility index (Phi) is 30.7. The number of nitrogens with zero attached hydrogens (tertiary/aromatic N) is 6. The monoisotopic (exact) mass is 1780 g/mol. The molecule has 8 aromatic carbocycles. The number of likely N-dealkylation sites (tertiary alicyclic amines) is 5. The number of aryl methyl sites for hydroxylation is 3. The van der Waals surface area contributed by atoms with E-state index < -0.39 is 0 Å². The van der Waals surface area contributed by atoms with E-state index >= 15 is 0 Å². The van der Waals surface area contributed by atoms with Gasteiger partial charge in [0.2, 0.25) is 6.79 Å². The molecule has 14 fully saturated rings. The van der Waals surface area contributed by atoms with Crippen LogP contribution in [0.5, 0.6) is 28.7 Å². The zero-order valence-electron chi connectivity index (χ0n) is 81.5. The summed E-state index contributed by atoms with van der Waals surface area (Å²) >= 11 is 0. The summed E-state index contributed by atoms with van der Waals surface area (Å²) in [6.07, 6.45) is 47.8. The highest BCUT2D eigenvalue weighted by molar-refractivity contribution is 5.73. The number of benzene rings is 8. The molecule has 5 saturated heterocycles. The first-order valence-corrected chi connectivity index (χ1v) is 53.3. The van der Waals surface area contributed by atoms with Crippen LogP contribution in [0.25, 0.3) is 33.4 Å². The number of piperidine rings is 5. The van der Waals surface area contributed by atoms with Gasteiger partial charge in [0.05, 0.1) is 32.0 Å². The van der Waals surface area contributed by atoms with Gasteiger partial charge >= 0.3 is 0 Å². The van der Waals surface area contributed by atoms with E-state index in [2.05, 4.69) is 180 Å². The van der Waals surface area contributed by atoms with E-state index in [1.807, 2.05) is 36.4 Å². The van der Waals surface area contributed by atoms with E-state index in [0.717, 1.165) is 130 Å². The Morgan fingerprint density at radius 3 is 1.36 bits per heavy atom. The predicted octanol–water partition coefficient (Wildman–Crippen LogP) is 28.1. The number of hydrogen-bond acceptors (Lipinski definition) is 11. The van der Waals surface area contributed by atoms with Crippen LogP contribution >= 0.6 is 0 Å². The molecule has 0 aromatic heterocycles. The number of hydrogen-bond donors (Lipinski definition) is 0. The lowest BCUT2D eigenvalue weighted by molar-refractivity contribution is 0.109. The molecule has 0 N–H and O–H groups in total. The number of halogens is 1. The Bertz CT molecular complexity index is 5130. The second-order valence-electron chi connectivity index (χ2n) is 44.0. The van der Waals surface area contributed by atoms with E-state index in [-0.39, 0.29) is 5.82 Å². The van der Waals surface area contributed by atoms with Crippen molar-refractivity contribution in [3.8, 4) is 68.2 Å². The molecule has 23 rings (SSSR count). The van der Waals surface area contributed by atoms with Crippen LogP contribution in [0.2, 0.25) is 0 Å². The fourth-order valence-corrected chi connectivity index (χ4v) is 28.9. The third kappa shape index (κ3) is 21.8. The Morgan fingerprint density at radius 1 is 0.364 bits per heavy atom. The summed E-state index contributed by atoms with van der Waals surface area (Å²) in [6.45, 7) is 23.7. The lowest BCUT2D eigenvalue weighted by Gasteiger charge is -2.40. The number of methoxy groups -OCH3 is 2. The van der Waals surface area contributed by atoms with Crippen LogP contribution in [0.4, 0.5) is 4.39 Å². The van der Waals surface area contributed by atoms with Gasteiger partial charge in [0.1, 0.15) is 23.1 Å². The van der Waals surface area contributed by atoms with Crippen LogP contribution in [0.1, 0.15) is 312 Å². The number of nitriles is 1. The highest BCUT2D eigenvalue weighted by Gasteiger charge is 2.47. The molecular formula is C120H157FN6O5. The van der Waals surface area contributed by atoms with Gasteiger partial charge in [-0.1, -0.05) is 161 Å². The average Bonchev–Trinajstić information content (AvgIpc) is 1.58. The zero-order chi connectivity index (χ0) is 90.1. The van der Waals surface area contributed by atoms with Crippen molar-refractivity contribution in [2.45, 2.75) is 319 Å². The van der Waals surface area contributed by atoms with E-state index in [9.17, 15) is 4.39 Å². The van der Waals surface area contributed by atoms with Crippen LogP contribution in [0.3, 0.4) is 0 Å². The molecule has 9 aliphatic carbocycles. The summed E-state index contributed by atoms with van der Waals surface area (Å²) in [7, 11) is 3.57. The Morgan fingerprint density at radius 2 is 0.826 bits per heavy atom. The smallest absolute Gasteiger partial charge is 0.231 e. The number of para-hydroxylation sites is 1. The lowest BCUT2D eigenvalue weighted by atomic mass is 9.82. The maximum Gasteiger partial charge on any atom is 0.231 e. The van der Waals surface area contributed by atoms with Gasteiger partial charge < -0.3 is 48.2 Å². The van der Waals surface area contributed by atoms with E-state index in [1.54, 1.807) is 31.9 Å². The molecule has 9 saturated carbocycles. The van der Waals surface area contributed by atoms with Gasteiger partial charge in [-0.2, -0.15) is 5.26 Å². The fourth-order valence-electron chi connectivity index (χ4n) is 28.9. The fraction of sp³-hybridized carbons (Fsp3) is 0.592. The maximum atomic E-state index is 13.6. The molecule has 13 atom stereocenters. The Hall–Kier alpha value is -8.02. The molecule has 11 nitrogen and oxygen atoms in total. The minimum absolute atomic E-state index is 0.0761. The molecular weight excluding hydrogens is 1620 g/mol. The van der Waals surface area contributed by atoms with Crippen molar-refractivity contribution < 1.29 is 28.1 Å². The Labute approximate surface area is 793 Å². The van der Waals surface area contributed by atoms with Crippen LogP contribution in [-0.2, 0) is 0 Å². The second-order valence-corrected chi connectivity index (χ2v) is 44.0. The third-order valence-electron chi connectivity index (χ3n) is 36.3. The van der Waals surface area contributed by atoms with E-state index in [0.29, 0.717) is 42.1 Å². The largest absolute Gasteiger partial charge is 0.496 e. The van der Waals surface area contributed by atoms with Gasteiger partial charge in [0.15, 0.2) is 11.5 Å². The quantitative estimate of drug-likeness (QED) is 0.0823. The first kappa shape index (κ1) is 93.0. The van der Waals surface area contributed by atoms with Gasteiger partial charge in [-0.15, -0.1) is 0 Å². The second kappa shape index (κ2) is 43.6. The summed E-state index contributed by atoms with van der Waals surface area (Å²) < 4.78 is 42.3. The molecule has 8 aromatic rings. The van der Waals surface area contributed by atoms with E-state index in [4.69, 9.17) is 28.9 Å². The number of rotatable bonds is 18. The summed E-state index contributed by atoms with van der Waals surface area (Å²) in [6, 6.07) is 64.0.